The van der Waals surface area contributed by atoms with Gasteiger partial charge in [0.15, 0.2) is 5.82 Å². The van der Waals surface area contributed by atoms with E-state index in [2.05, 4.69) is 27.4 Å². The number of aromatic nitrogens is 4. The summed E-state index contributed by atoms with van der Waals surface area (Å²) in [5, 5.41) is 16.7. The molecule has 0 fully saturated rings. The van der Waals surface area contributed by atoms with Crippen LogP contribution in [0.25, 0.3) is 11.0 Å². The third-order valence-electron chi connectivity index (χ3n) is 3.48. The Bertz CT molecular complexity index is 778. The van der Waals surface area contributed by atoms with E-state index in [0.29, 0.717) is 30.8 Å². The molecule has 2 N–H and O–H groups in total. The van der Waals surface area contributed by atoms with Crippen molar-refractivity contribution in [2.75, 3.05) is 11.9 Å². The van der Waals surface area contributed by atoms with Crippen LogP contribution in [0.5, 0.6) is 0 Å². The van der Waals surface area contributed by atoms with E-state index in [9.17, 15) is 5.11 Å². The van der Waals surface area contributed by atoms with Crippen molar-refractivity contribution in [3.63, 3.8) is 0 Å². The third kappa shape index (κ3) is 3.50. The minimum Gasteiger partial charge on any atom is -0.392 e. The molecule has 122 valence electrons. The van der Waals surface area contributed by atoms with Crippen molar-refractivity contribution in [1.82, 2.24) is 19.7 Å². The molecule has 0 amide bonds. The van der Waals surface area contributed by atoms with Crippen molar-refractivity contribution in [1.29, 1.82) is 0 Å². The Kier molecular flexibility index (Phi) is 4.57. The van der Waals surface area contributed by atoms with Gasteiger partial charge in [0.1, 0.15) is 0 Å². The molecule has 0 radical (unpaired) electrons. The minimum absolute atomic E-state index is 0.427. The van der Waals surface area contributed by atoms with E-state index in [1.165, 1.54) is 0 Å². The van der Waals surface area contributed by atoms with Gasteiger partial charge in [-0.05, 0) is 25.5 Å². The Labute approximate surface area is 134 Å². The molecule has 7 heteroatoms. The summed E-state index contributed by atoms with van der Waals surface area (Å²) in [5.41, 5.74) is 1.88. The van der Waals surface area contributed by atoms with Gasteiger partial charge in [-0.3, -0.25) is 0 Å². The molecule has 0 aliphatic carbocycles. The lowest BCUT2D eigenvalue weighted by Crippen LogP contribution is -2.18. The van der Waals surface area contributed by atoms with Gasteiger partial charge in [-0.25, -0.2) is 4.98 Å². The van der Waals surface area contributed by atoms with Crippen LogP contribution in [0.2, 0.25) is 0 Å². The van der Waals surface area contributed by atoms with Crippen LogP contribution in [-0.4, -0.2) is 37.4 Å². The number of benzene rings is 1. The normalized spacial score (nSPS) is 12.7. The molecule has 0 bridgehead atoms. The predicted octanol–water partition coefficient (Wildman–Crippen LogP) is 2.21. The number of fused-ring (bicyclic) bond motifs is 1. The molecule has 7 nitrogen and oxygen atoms in total. The number of nitrogens with one attached hydrogen (secondary N) is 1. The molecule has 3 rings (SSSR count). The van der Waals surface area contributed by atoms with Crippen LogP contribution in [0, 0.1) is 0 Å². The summed E-state index contributed by atoms with van der Waals surface area (Å²) in [6.45, 7) is 4.70. The molecule has 0 aliphatic rings. The summed E-state index contributed by atoms with van der Waals surface area (Å²) in [5.74, 6) is 1.97. The number of nitrogens with zero attached hydrogens (tertiary/aromatic N) is 4. The summed E-state index contributed by atoms with van der Waals surface area (Å²) in [6.07, 6.45) is 1.30. The highest BCUT2D eigenvalue weighted by Gasteiger charge is 2.14. The lowest BCUT2D eigenvalue weighted by molar-refractivity contribution is 0.208. The maximum absolute atomic E-state index is 9.49. The zero-order valence-electron chi connectivity index (χ0n) is 13.4. The molecule has 2 aromatic heterocycles. The van der Waals surface area contributed by atoms with Crippen LogP contribution < -0.4 is 5.32 Å². The van der Waals surface area contributed by atoms with E-state index < -0.39 is 6.10 Å². The first-order valence-electron chi connectivity index (χ1n) is 7.86. The molecule has 3 aromatic rings. The number of imidazole rings is 1. The molecule has 2 heterocycles. The molecular formula is C16H21N5O2. The Balaban J connectivity index is 1.91. The van der Waals surface area contributed by atoms with Crippen LogP contribution in [-0.2, 0) is 13.0 Å². The molecule has 0 unspecified atom stereocenters. The molecule has 0 aliphatic heterocycles. The van der Waals surface area contributed by atoms with Crippen LogP contribution in [0.4, 0.5) is 5.95 Å². The fourth-order valence-electron chi connectivity index (χ4n) is 2.42. The fraction of sp³-hybridized carbons (Fsp3) is 0.438. The SMILES string of the molecule is CCCc1nc(Cn2c(NC[C@@H](C)O)nc3ccccc32)no1. The number of aryl methyl sites for hydroxylation is 1. The Morgan fingerprint density at radius 2 is 2.13 bits per heavy atom. The highest BCUT2D eigenvalue weighted by Crippen LogP contribution is 2.20. The van der Waals surface area contributed by atoms with Crippen LogP contribution in [0.3, 0.4) is 0 Å². The second-order valence-electron chi connectivity index (χ2n) is 5.59. The highest BCUT2D eigenvalue weighted by atomic mass is 16.5. The van der Waals surface area contributed by atoms with E-state index in [1.54, 1.807) is 6.92 Å². The molecular weight excluding hydrogens is 294 g/mol. The van der Waals surface area contributed by atoms with Gasteiger partial charge < -0.3 is 19.5 Å². The third-order valence-corrected chi connectivity index (χ3v) is 3.48. The monoisotopic (exact) mass is 315 g/mol. The molecule has 0 saturated carbocycles. The molecule has 23 heavy (non-hydrogen) atoms. The first kappa shape index (κ1) is 15.5. The van der Waals surface area contributed by atoms with Crippen molar-refractivity contribution >= 4 is 17.0 Å². The van der Waals surface area contributed by atoms with E-state index in [-0.39, 0.29) is 0 Å². The topological polar surface area (TPSA) is 89.0 Å². The zero-order valence-corrected chi connectivity index (χ0v) is 13.4. The van der Waals surface area contributed by atoms with Crippen LogP contribution in [0.15, 0.2) is 28.8 Å². The van der Waals surface area contributed by atoms with Crippen molar-refractivity contribution in [3.05, 3.63) is 36.0 Å². The second kappa shape index (κ2) is 6.78. The van der Waals surface area contributed by atoms with E-state index >= 15 is 0 Å². The number of para-hydroxylation sites is 2. The quantitative estimate of drug-likeness (QED) is 0.695. The number of hydrogen-bond acceptors (Lipinski definition) is 6. The number of anilines is 1. The van der Waals surface area contributed by atoms with Gasteiger partial charge >= 0.3 is 0 Å². The number of aliphatic hydroxyl groups excluding tert-OH is 1. The standard InChI is InChI=1S/C16H21N5O2/c1-3-6-15-19-14(20-23-15)10-21-13-8-5-4-7-12(13)18-16(21)17-9-11(2)22/h4-5,7-8,11,22H,3,6,9-10H2,1-2H3,(H,17,18)/t11-/m1/s1. The molecule has 0 saturated heterocycles. The van der Waals surface area contributed by atoms with Crippen molar-refractivity contribution in [2.45, 2.75) is 39.3 Å². The van der Waals surface area contributed by atoms with Gasteiger partial charge in [-0.1, -0.05) is 24.2 Å². The smallest absolute Gasteiger partial charge is 0.226 e. The Morgan fingerprint density at radius 1 is 1.30 bits per heavy atom. The number of rotatable bonds is 7. The largest absolute Gasteiger partial charge is 0.392 e. The van der Waals surface area contributed by atoms with Crippen LogP contribution >= 0.6 is 0 Å². The average Bonchev–Trinajstić information content (AvgIpc) is 3.11. The summed E-state index contributed by atoms with van der Waals surface area (Å²) in [6, 6.07) is 7.88. The van der Waals surface area contributed by atoms with Gasteiger partial charge in [-0.15, -0.1) is 0 Å². The molecule has 1 aromatic carbocycles. The predicted molar refractivity (Wildman–Crippen MR) is 87.3 cm³/mol. The van der Waals surface area contributed by atoms with Crippen molar-refractivity contribution in [3.8, 4) is 0 Å². The van der Waals surface area contributed by atoms with Crippen molar-refractivity contribution < 1.29 is 9.63 Å². The maximum Gasteiger partial charge on any atom is 0.226 e. The van der Waals surface area contributed by atoms with Gasteiger partial charge in [0.25, 0.3) is 0 Å². The summed E-state index contributed by atoms with van der Waals surface area (Å²) in [7, 11) is 0. The Hall–Kier alpha value is -2.41. The fourth-order valence-corrected chi connectivity index (χ4v) is 2.42. The summed E-state index contributed by atoms with van der Waals surface area (Å²) in [4.78, 5) is 8.99. The van der Waals surface area contributed by atoms with E-state index in [4.69, 9.17) is 4.52 Å². The number of hydrogen-bond donors (Lipinski definition) is 2. The molecule has 1 atom stereocenters. The van der Waals surface area contributed by atoms with Gasteiger partial charge in [0.05, 0.1) is 23.7 Å². The van der Waals surface area contributed by atoms with Crippen molar-refractivity contribution in [2.24, 2.45) is 0 Å². The first-order valence-corrected chi connectivity index (χ1v) is 7.86. The van der Waals surface area contributed by atoms with Gasteiger partial charge in [-0.2, -0.15) is 4.98 Å². The summed E-state index contributed by atoms with van der Waals surface area (Å²) < 4.78 is 7.25. The first-order chi connectivity index (χ1) is 11.2. The van der Waals surface area contributed by atoms with E-state index in [1.807, 2.05) is 28.8 Å². The highest BCUT2D eigenvalue weighted by molar-refractivity contribution is 5.78. The number of aliphatic hydroxyl groups is 1. The maximum atomic E-state index is 9.49. The van der Waals surface area contributed by atoms with E-state index in [0.717, 1.165) is 23.9 Å². The van der Waals surface area contributed by atoms with Gasteiger partial charge in [0, 0.05) is 13.0 Å². The molecule has 0 spiro atoms. The van der Waals surface area contributed by atoms with Gasteiger partial charge in [0.2, 0.25) is 11.8 Å². The average molecular weight is 315 g/mol. The second-order valence-corrected chi connectivity index (χ2v) is 5.59. The Morgan fingerprint density at radius 3 is 2.91 bits per heavy atom. The lowest BCUT2D eigenvalue weighted by Gasteiger charge is -2.10. The lowest BCUT2D eigenvalue weighted by atomic mass is 10.3. The summed E-state index contributed by atoms with van der Waals surface area (Å²) >= 11 is 0. The van der Waals surface area contributed by atoms with Crippen LogP contribution in [0.1, 0.15) is 32.0 Å². The zero-order chi connectivity index (χ0) is 16.2. The minimum atomic E-state index is -0.454.